The van der Waals surface area contributed by atoms with E-state index in [0.717, 1.165) is 5.69 Å². The van der Waals surface area contributed by atoms with Gasteiger partial charge in [-0.05, 0) is 31.2 Å². The second kappa shape index (κ2) is 6.02. The minimum Gasteiger partial charge on any atom is -0.382 e. The van der Waals surface area contributed by atoms with Gasteiger partial charge in [-0.3, -0.25) is 9.36 Å². The third kappa shape index (κ3) is 2.29. The van der Waals surface area contributed by atoms with Crippen LogP contribution in [0.4, 0.5) is 5.82 Å². The third-order valence-corrected chi connectivity index (χ3v) is 4.78. The molecule has 0 saturated carbocycles. The Morgan fingerprint density at radius 3 is 2.68 bits per heavy atom. The minimum atomic E-state index is -0.334. The number of imidazole rings is 1. The average Bonchev–Trinajstić information content (AvgIpc) is 3.36. The number of hydrogen-bond acceptors (Lipinski definition) is 6. The second-order valence-corrected chi connectivity index (χ2v) is 6.43. The Morgan fingerprint density at radius 2 is 1.86 bits per heavy atom. The minimum absolute atomic E-state index is 0.147. The average molecular weight is 372 g/mol. The summed E-state index contributed by atoms with van der Waals surface area (Å²) in [6.07, 6.45) is 4.80. The summed E-state index contributed by atoms with van der Waals surface area (Å²) in [6, 6.07) is 12.7. The molecular weight excluding hydrogens is 356 g/mol. The zero-order valence-electron chi connectivity index (χ0n) is 15.0. The molecule has 0 amide bonds. The lowest BCUT2D eigenvalue weighted by Crippen LogP contribution is -2.29. The number of anilines is 1. The SMILES string of the molecule is CC(c1nn2cccc2c(=O)n1-c1ccccc1)n1cnc2c(N)ncnc21. The number of nitrogen functional groups attached to an aromatic ring is 1. The molecule has 1 unspecified atom stereocenters. The zero-order chi connectivity index (χ0) is 19.3. The van der Waals surface area contributed by atoms with Gasteiger partial charge in [-0.1, -0.05) is 18.2 Å². The van der Waals surface area contributed by atoms with E-state index in [1.807, 2.05) is 41.8 Å². The fraction of sp³-hybridized carbons (Fsp3) is 0.105. The van der Waals surface area contributed by atoms with Crippen molar-refractivity contribution >= 4 is 22.5 Å². The van der Waals surface area contributed by atoms with E-state index in [1.54, 1.807) is 33.7 Å². The van der Waals surface area contributed by atoms with E-state index in [2.05, 4.69) is 15.0 Å². The van der Waals surface area contributed by atoms with Gasteiger partial charge in [0.2, 0.25) is 0 Å². The maximum atomic E-state index is 13.2. The number of hydrogen-bond donors (Lipinski definition) is 1. The highest BCUT2D eigenvalue weighted by Crippen LogP contribution is 2.23. The maximum Gasteiger partial charge on any atom is 0.282 e. The van der Waals surface area contributed by atoms with Crippen LogP contribution in [-0.4, -0.2) is 33.7 Å². The highest BCUT2D eigenvalue weighted by atomic mass is 16.1. The maximum absolute atomic E-state index is 13.2. The summed E-state index contributed by atoms with van der Waals surface area (Å²) < 4.78 is 5.05. The molecule has 5 rings (SSSR count). The lowest BCUT2D eigenvalue weighted by Gasteiger charge is -2.19. The van der Waals surface area contributed by atoms with Gasteiger partial charge >= 0.3 is 0 Å². The molecule has 138 valence electrons. The molecule has 1 aromatic carbocycles. The standard InChI is InChI=1S/C19H16N8O/c1-12(25-11-23-15-16(20)21-10-22-18(15)25)17-24-26-9-5-8-14(26)19(28)27(17)13-6-3-2-4-7-13/h2-12H,1H3,(H2,20,21,22). The summed E-state index contributed by atoms with van der Waals surface area (Å²) in [5.74, 6) is 0.863. The molecule has 4 aromatic heterocycles. The normalized spacial score (nSPS) is 12.6. The Bertz CT molecular complexity index is 1370. The third-order valence-electron chi connectivity index (χ3n) is 4.78. The van der Waals surface area contributed by atoms with E-state index in [9.17, 15) is 4.79 Å². The van der Waals surface area contributed by atoms with E-state index in [-0.39, 0.29) is 11.6 Å². The molecule has 0 spiro atoms. The summed E-state index contributed by atoms with van der Waals surface area (Å²) in [5.41, 5.74) is 8.11. The van der Waals surface area contributed by atoms with Gasteiger partial charge in [0.1, 0.15) is 17.4 Å². The van der Waals surface area contributed by atoms with Gasteiger partial charge in [0, 0.05) is 6.20 Å². The van der Waals surface area contributed by atoms with Crippen LogP contribution in [0.5, 0.6) is 0 Å². The van der Waals surface area contributed by atoms with Crippen LogP contribution in [0.25, 0.3) is 22.4 Å². The van der Waals surface area contributed by atoms with Crippen LogP contribution in [-0.2, 0) is 0 Å². The Hall–Kier alpha value is -4.01. The highest BCUT2D eigenvalue weighted by molar-refractivity contribution is 5.81. The van der Waals surface area contributed by atoms with E-state index >= 15 is 0 Å². The smallest absolute Gasteiger partial charge is 0.282 e. The van der Waals surface area contributed by atoms with Crippen molar-refractivity contribution in [3.63, 3.8) is 0 Å². The molecule has 2 N–H and O–H groups in total. The van der Waals surface area contributed by atoms with Crippen molar-refractivity contribution in [2.45, 2.75) is 13.0 Å². The summed E-state index contributed by atoms with van der Waals surface area (Å²) in [7, 11) is 0. The molecular formula is C19H16N8O. The Labute approximate surface area is 158 Å². The van der Waals surface area contributed by atoms with E-state index < -0.39 is 0 Å². The molecule has 0 aliphatic carbocycles. The lowest BCUT2D eigenvalue weighted by atomic mass is 10.2. The zero-order valence-corrected chi connectivity index (χ0v) is 15.0. The Kier molecular flexibility index (Phi) is 3.48. The van der Waals surface area contributed by atoms with Crippen molar-refractivity contribution in [3.8, 4) is 5.69 Å². The van der Waals surface area contributed by atoms with Gasteiger partial charge in [-0.15, -0.1) is 0 Å². The molecule has 4 heterocycles. The van der Waals surface area contributed by atoms with Crippen molar-refractivity contribution in [2.75, 3.05) is 5.73 Å². The Balaban J connectivity index is 1.80. The monoisotopic (exact) mass is 372 g/mol. The van der Waals surface area contributed by atoms with Crippen LogP contribution in [0.3, 0.4) is 0 Å². The van der Waals surface area contributed by atoms with Crippen LogP contribution in [0, 0.1) is 0 Å². The molecule has 0 bridgehead atoms. The number of para-hydroxylation sites is 1. The van der Waals surface area contributed by atoms with Gasteiger partial charge in [-0.2, -0.15) is 5.10 Å². The highest BCUT2D eigenvalue weighted by Gasteiger charge is 2.22. The first-order valence-electron chi connectivity index (χ1n) is 8.74. The van der Waals surface area contributed by atoms with Crippen LogP contribution < -0.4 is 11.3 Å². The van der Waals surface area contributed by atoms with E-state index in [0.29, 0.717) is 28.3 Å². The summed E-state index contributed by atoms with van der Waals surface area (Å²) in [4.78, 5) is 25.9. The Morgan fingerprint density at radius 1 is 1.04 bits per heavy atom. The predicted molar refractivity (Wildman–Crippen MR) is 104 cm³/mol. The first-order valence-corrected chi connectivity index (χ1v) is 8.74. The summed E-state index contributed by atoms with van der Waals surface area (Å²) >= 11 is 0. The number of nitrogens with zero attached hydrogens (tertiary/aromatic N) is 7. The fourth-order valence-electron chi connectivity index (χ4n) is 3.38. The predicted octanol–water partition coefficient (Wildman–Crippen LogP) is 1.82. The van der Waals surface area contributed by atoms with Crippen LogP contribution in [0.1, 0.15) is 18.8 Å². The molecule has 9 nitrogen and oxygen atoms in total. The van der Waals surface area contributed by atoms with Gasteiger partial charge in [0.25, 0.3) is 5.56 Å². The number of rotatable bonds is 3. The van der Waals surface area contributed by atoms with Crippen molar-refractivity contribution in [1.29, 1.82) is 0 Å². The van der Waals surface area contributed by atoms with Gasteiger partial charge in [-0.25, -0.2) is 19.5 Å². The van der Waals surface area contributed by atoms with Crippen LogP contribution in [0.2, 0.25) is 0 Å². The van der Waals surface area contributed by atoms with Gasteiger partial charge in [0.05, 0.1) is 18.1 Å². The van der Waals surface area contributed by atoms with Crippen LogP contribution in [0.15, 0.2) is 66.1 Å². The molecule has 0 aliphatic heterocycles. The van der Waals surface area contributed by atoms with Crippen molar-refractivity contribution in [1.82, 2.24) is 33.7 Å². The topological polar surface area (TPSA) is 109 Å². The number of benzene rings is 1. The second-order valence-electron chi connectivity index (χ2n) is 6.43. The van der Waals surface area contributed by atoms with E-state index in [4.69, 9.17) is 10.8 Å². The first kappa shape index (κ1) is 16.2. The molecule has 0 radical (unpaired) electrons. The summed E-state index contributed by atoms with van der Waals surface area (Å²) in [5, 5.41) is 4.71. The molecule has 0 fully saturated rings. The number of nitrogens with two attached hydrogens (primary N) is 1. The fourth-order valence-corrected chi connectivity index (χ4v) is 3.38. The van der Waals surface area contributed by atoms with Gasteiger partial charge in [0.15, 0.2) is 17.3 Å². The largest absolute Gasteiger partial charge is 0.382 e. The molecule has 1 atom stereocenters. The van der Waals surface area contributed by atoms with Crippen LogP contribution >= 0.6 is 0 Å². The number of fused-ring (bicyclic) bond motifs is 2. The molecule has 9 heteroatoms. The van der Waals surface area contributed by atoms with Crippen molar-refractivity contribution < 1.29 is 0 Å². The molecule has 28 heavy (non-hydrogen) atoms. The van der Waals surface area contributed by atoms with Crippen molar-refractivity contribution in [3.05, 3.63) is 77.5 Å². The van der Waals surface area contributed by atoms with E-state index in [1.165, 1.54) is 6.33 Å². The molecule has 0 saturated heterocycles. The molecule has 0 aliphatic rings. The molecule has 5 aromatic rings. The van der Waals surface area contributed by atoms with Gasteiger partial charge < -0.3 is 10.3 Å². The summed E-state index contributed by atoms with van der Waals surface area (Å²) in [6.45, 7) is 1.94. The first-order chi connectivity index (χ1) is 13.6. The quantitative estimate of drug-likeness (QED) is 0.517. The number of aromatic nitrogens is 7. The lowest BCUT2D eigenvalue weighted by molar-refractivity contribution is 0.565. The van der Waals surface area contributed by atoms with Crippen molar-refractivity contribution in [2.24, 2.45) is 0 Å².